The SMILES string of the molecule is COCCNCC(=O)Nc1ccc(OCCOC)nc1. The molecule has 0 aliphatic heterocycles. The van der Waals surface area contributed by atoms with Gasteiger partial charge >= 0.3 is 0 Å². The largest absolute Gasteiger partial charge is 0.475 e. The van der Waals surface area contributed by atoms with E-state index in [1.807, 2.05) is 0 Å². The summed E-state index contributed by atoms with van der Waals surface area (Å²) in [5, 5.41) is 5.68. The molecule has 1 rings (SSSR count). The average Bonchev–Trinajstić information content (AvgIpc) is 2.46. The van der Waals surface area contributed by atoms with Crippen molar-refractivity contribution in [3.8, 4) is 5.88 Å². The molecule has 0 unspecified atom stereocenters. The summed E-state index contributed by atoms with van der Waals surface area (Å²) in [5.41, 5.74) is 0.627. The summed E-state index contributed by atoms with van der Waals surface area (Å²) < 4.78 is 15.1. The van der Waals surface area contributed by atoms with E-state index in [9.17, 15) is 4.79 Å². The minimum atomic E-state index is -0.129. The van der Waals surface area contributed by atoms with E-state index in [2.05, 4.69) is 15.6 Å². The molecule has 7 heteroatoms. The van der Waals surface area contributed by atoms with Gasteiger partial charge in [-0.25, -0.2) is 4.98 Å². The van der Waals surface area contributed by atoms with Gasteiger partial charge in [0.15, 0.2) is 0 Å². The second kappa shape index (κ2) is 10.1. The lowest BCUT2D eigenvalue weighted by molar-refractivity contribution is -0.115. The minimum Gasteiger partial charge on any atom is -0.475 e. The monoisotopic (exact) mass is 283 g/mol. The number of hydrogen-bond donors (Lipinski definition) is 2. The van der Waals surface area contributed by atoms with E-state index in [-0.39, 0.29) is 12.5 Å². The molecule has 0 atom stereocenters. The third-order valence-electron chi connectivity index (χ3n) is 2.33. The summed E-state index contributed by atoms with van der Waals surface area (Å²) in [6.45, 7) is 2.39. The Morgan fingerprint density at radius 1 is 1.20 bits per heavy atom. The fourth-order valence-electron chi connectivity index (χ4n) is 1.35. The first-order valence-corrected chi connectivity index (χ1v) is 6.33. The highest BCUT2D eigenvalue weighted by atomic mass is 16.5. The lowest BCUT2D eigenvalue weighted by atomic mass is 10.4. The quantitative estimate of drug-likeness (QED) is 0.600. The van der Waals surface area contributed by atoms with Crippen molar-refractivity contribution in [1.82, 2.24) is 10.3 Å². The molecular formula is C13H21N3O4. The number of rotatable bonds is 10. The van der Waals surface area contributed by atoms with Crippen molar-refractivity contribution in [1.29, 1.82) is 0 Å². The van der Waals surface area contributed by atoms with Gasteiger partial charge in [-0.15, -0.1) is 0 Å². The number of anilines is 1. The third-order valence-corrected chi connectivity index (χ3v) is 2.33. The summed E-state index contributed by atoms with van der Waals surface area (Å²) in [7, 11) is 3.22. The number of carbonyl (C=O) groups is 1. The van der Waals surface area contributed by atoms with Gasteiger partial charge in [0.2, 0.25) is 11.8 Å². The van der Waals surface area contributed by atoms with Crippen LogP contribution >= 0.6 is 0 Å². The van der Waals surface area contributed by atoms with Gasteiger partial charge in [0.25, 0.3) is 0 Å². The number of nitrogens with one attached hydrogen (secondary N) is 2. The maximum atomic E-state index is 11.6. The Kier molecular flexibility index (Phi) is 8.28. The maximum absolute atomic E-state index is 11.6. The van der Waals surface area contributed by atoms with E-state index < -0.39 is 0 Å². The Hall–Kier alpha value is -1.70. The van der Waals surface area contributed by atoms with Gasteiger partial charge in [-0.3, -0.25) is 4.79 Å². The van der Waals surface area contributed by atoms with E-state index in [0.29, 0.717) is 37.9 Å². The van der Waals surface area contributed by atoms with Crippen LogP contribution in [0.2, 0.25) is 0 Å². The molecule has 0 fully saturated rings. The van der Waals surface area contributed by atoms with E-state index in [1.165, 1.54) is 0 Å². The van der Waals surface area contributed by atoms with E-state index in [0.717, 1.165) is 0 Å². The van der Waals surface area contributed by atoms with Crippen LogP contribution in [0.25, 0.3) is 0 Å². The van der Waals surface area contributed by atoms with Crippen LogP contribution in [0.3, 0.4) is 0 Å². The first kappa shape index (κ1) is 16.4. The zero-order valence-corrected chi connectivity index (χ0v) is 11.8. The number of nitrogens with zero attached hydrogens (tertiary/aromatic N) is 1. The number of ether oxygens (including phenoxy) is 3. The van der Waals surface area contributed by atoms with Crippen molar-refractivity contribution in [2.75, 3.05) is 52.4 Å². The minimum absolute atomic E-state index is 0.129. The van der Waals surface area contributed by atoms with Crippen LogP contribution in [0, 0.1) is 0 Å². The molecular weight excluding hydrogens is 262 g/mol. The van der Waals surface area contributed by atoms with E-state index >= 15 is 0 Å². The Labute approximate surface area is 118 Å². The maximum Gasteiger partial charge on any atom is 0.238 e. The van der Waals surface area contributed by atoms with Gasteiger partial charge in [-0.2, -0.15) is 0 Å². The van der Waals surface area contributed by atoms with Crippen molar-refractivity contribution in [2.24, 2.45) is 0 Å². The van der Waals surface area contributed by atoms with Crippen LogP contribution in [0.15, 0.2) is 18.3 Å². The van der Waals surface area contributed by atoms with Crippen LogP contribution in [0.5, 0.6) is 5.88 Å². The summed E-state index contributed by atoms with van der Waals surface area (Å²) in [6.07, 6.45) is 1.55. The average molecular weight is 283 g/mol. The van der Waals surface area contributed by atoms with Gasteiger partial charge in [-0.05, 0) is 6.07 Å². The highest BCUT2D eigenvalue weighted by Crippen LogP contribution is 2.11. The number of pyridine rings is 1. The van der Waals surface area contributed by atoms with Gasteiger partial charge in [0.05, 0.1) is 31.6 Å². The highest BCUT2D eigenvalue weighted by molar-refractivity contribution is 5.92. The molecule has 1 amide bonds. The second-order valence-corrected chi connectivity index (χ2v) is 3.94. The number of carbonyl (C=O) groups excluding carboxylic acids is 1. The molecule has 0 radical (unpaired) electrons. The van der Waals surface area contributed by atoms with Gasteiger partial charge < -0.3 is 24.8 Å². The van der Waals surface area contributed by atoms with Gasteiger partial charge in [0, 0.05) is 26.8 Å². The van der Waals surface area contributed by atoms with Crippen molar-refractivity contribution in [3.05, 3.63) is 18.3 Å². The van der Waals surface area contributed by atoms with Gasteiger partial charge in [0.1, 0.15) is 6.61 Å². The lowest BCUT2D eigenvalue weighted by Crippen LogP contribution is -2.30. The zero-order chi connectivity index (χ0) is 14.6. The normalized spacial score (nSPS) is 10.3. The van der Waals surface area contributed by atoms with Crippen LogP contribution in [-0.4, -0.2) is 58.0 Å². The molecule has 1 aromatic heterocycles. The molecule has 0 saturated carbocycles. The Morgan fingerprint density at radius 3 is 2.65 bits per heavy atom. The summed E-state index contributed by atoms with van der Waals surface area (Å²) in [4.78, 5) is 15.7. The zero-order valence-electron chi connectivity index (χ0n) is 11.8. The molecule has 112 valence electrons. The standard InChI is InChI=1S/C13H21N3O4/c1-18-6-5-14-10-12(17)16-11-3-4-13(15-9-11)20-8-7-19-2/h3-4,9,14H,5-8,10H2,1-2H3,(H,16,17). The van der Waals surface area contributed by atoms with E-state index in [4.69, 9.17) is 14.2 Å². The Morgan fingerprint density at radius 2 is 2.00 bits per heavy atom. The number of methoxy groups -OCH3 is 2. The second-order valence-electron chi connectivity index (χ2n) is 3.94. The van der Waals surface area contributed by atoms with Crippen LogP contribution < -0.4 is 15.4 Å². The molecule has 0 saturated heterocycles. The van der Waals surface area contributed by atoms with Crippen LogP contribution in [0.1, 0.15) is 0 Å². The summed E-state index contributed by atoms with van der Waals surface area (Å²) in [6, 6.07) is 3.44. The first-order valence-electron chi connectivity index (χ1n) is 6.33. The van der Waals surface area contributed by atoms with Crippen molar-refractivity contribution >= 4 is 11.6 Å². The van der Waals surface area contributed by atoms with Crippen LogP contribution in [0.4, 0.5) is 5.69 Å². The van der Waals surface area contributed by atoms with E-state index in [1.54, 1.807) is 32.5 Å². The topological polar surface area (TPSA) is 81.7 Å². The highest BCUT2D eigenvalue weighted by Gasteiger charge is 2.02. The summed E-state index contributed by atoms with van der Waals surface area (Å²) >= 11 is 0. The van der Waals surface area contributed by atoms with Crippen molar-refractivity contribution < 1.29 is 19.0 Å². The third kappa shape index (κ3) is 7.03. The predicted octanol–water partition coefficient (Wildman–Crippen LogP) is 0.281. The Balaban J connectivity index is 2.27. The van der Waals surface area contributed by atoms with Crippen molar-refractivity contribution in [3.63, 3.8) is 0 Å². The molecule has 0 spiro atoms. The van der Waals surface area contributed by atoms with Crippen LogP contribution in [-0.2, 0) is 14.3 Å². The first-order chi connectivity index (χ1) is 9.76. The van der Waals surface area contributed by atoms with Gasteiger partial charge in [-0.1, -0.05) is 0 Å². The fourth-order valence-corrected chi connectivity index (χ4v) is 1.35. The summed E-state index contributed by atoms with van der Waals surface area (Å²) in [5.74, 6) is 0.370. The van der Waals surface area contributed by atoms with Crippen molar-refractivity contribution in [2.45, 2.75) is 0 Å². The molecule has 20 heavy (non-hydrogen) atoms. The number of aromatic nitrogens is 1. The molecule has 2 N–H and O–H groups in total. The molecule has 1 aromatic rings. The fraction of sp³-hybridized carbons (Fsp3) is 0.538. The molecule has 0 aliphatic rings. The predicted molar refractivity (Wildman–Crippen MR) is 75.0 cm³/mol. The molecule has 0 aliphatic carbocycles. The molecule has 1 heterocycles. The molecule has 0 bridgehead atoms. The Bertz CT molecular complexity index is 384. The molecule has 0 aromatic carbocycles. The molecule has 7 nitrogen and oxygen atoms in total. The number of amides is 1. The smallest absolute Gasteiger partial charge is 0.238 e. The number of hydrogen-bond acceptors (Lipinski definition) is 6. The lowest BCUT2D eigenvalue weighted by Gasteiger charge is -2.07.